The van der Waals surface area contributed by atoms with E-state index in [1.54, 1.807) is 48.5 Å². The molecule has 2 bridgehead atoms. The maximum absolute atomic E-state index is 12.9. The molecule has 0 N–H and O–H groups in total. The second-order valence-electron chi connectivity index (χ2n) is 7.45. The molecule has 0 radical (unpaired) electrons. The Balaban J connectivity index is 1.37. The average Bonchev–Trinajstić information content (AvgIpc) is 3.32. The lowest BCUT2D eigenvalue weighted by molar-refractivity contribution is -0.123. The average molecular weight is 368 g/mol. The van der Waals surface area contributed by atoms with Crippen molar-refractivity contribution in [2.24, 2.45) is 23.7 Å². The number of benzene rings is 2. The minimum atomic E-state index is -0.0914. The number of nitrogens with zero attached hydrogens (tertiary/aromatic N) is 1. The van der Waals surface area contributed by atoms with Gasteiger partial charge in [-0.3, -0.25) is 14.5 Å². The molecular formula is C21H18ClNO3. The van der Waals surface area contributed by atoms with Crippen LogP contribution in [0.2, 0.25) is 5.02 Å². The van der Waals surface area contributed by atoms with Crippen molar-refractivity contribution in [2.45, 2.75) is 19.3 Å². The monoisotopic (exact) mass is 367 g/mol. The molecule has 0 spiro atoms. The molecule has 5 rings (SSSR count). The van der Waals surface area contributed by atoms with Crippen LogP contribution in [0.15, 0.2) is 48.5 Å². The van der Waals surface area contributed by atoms with Gasteiger partial charge in [0, 0.05) is 5.02 Å². The maximum Gasteiger partial charge on any atom is 0.237 e. The zero-order chi connectivity index (χ0) is 17.8. The lowest BCUT2D eigenvalue weighted by Crippen LogP contribution is -2.32. The molecule has 132 valence electrons. The summed E-state index contributed by atoms with van der Waals surface area (Å²) in [6.07, 6.45) is 3.23. The summed E-state index contributed by atoms with van der Waals surface area (Å²) >= 11 is 5.88. The van der Waals surface area contributed by atoms with E-state index < -0.39 is 0 Å². The molecule has 0 unspecified atom stereocenters. The molecule has 2 saturated carbocycles. The van der Waals surface area contributed by atoms with Crippen LogP contribution in [-0.2, 0) is 9.59 Å². The first-order valence-electron chi connectivity index (χ1n) is 9.03. The molecular weight excluding hydrogens is 350 g/mol. The van der Waals surface area contributed by atoms with Gasteiger partial charge in [-0.2, -0.15) is 0 Å². The number of anilines is 1. The Kier molecular flexibility index (Phi) is 3.57. The van der Waals surface area contributed by atoms with E-state index in [-0.39, 0.29) is 23.7 Å². The van der Waals surface area contributed by atoms with Crippen molar-refractivity contribution in [3.05, 3.63) is 53.6 Å². The molecule has 2 aliphatic carbocycles. The van der Waals surface area contributed by atoms with Gasteiger partial charge in [-0.1, -0.05) is 11.6 Å². The highest BCUT2D eigenvalue weighted by Gasteiger charge is 2.61. The summed E-state index contributed by atoms with van der Waals surface area (Å²) in [5, 5.41) is 0.651. The molecule has 3 fully saturated rings. The molecule has 4 atom stereocenters. The third-order valence-corrected chi connectivity index (χ3v) is 6.32. The van der Waals surface area contributed by atoms with Crippen LogP contribution in [0, 0.1) is 23.7 Å². The van der Waals surface area contributed by atoms with Gasteiger partial charge in [-0.05, 0) is 79.6 Å². The number of rotatable bonds is 3. The lowest BCUT2D eigenvalue weighted by Gasteiger charge is -2.19. The molecule has 2 aromatic carbocycles. The number of carbonyl (C=O) groups is 2. The van der Waals surface area contributed by atoms with Gasteiger partial charge in [-0.15, -0.1) is 0 Å². The summed E-state index contributed by atoms with van der Waals surface area (Å²) in [6.45, 7) is 0. The van der Waals surface area contributed by atoms with E-state index in [2.05, 4.69) is 0 Å². The quantitative estimate of drug-likeness (QED) is 0.741. The lowest BCUT2D eigenvalue weighted by atomic mass is 9.81. The van der Waals surface area contributed by atoms with Crippen molar-refractivity contribution >= 4 is 29.1 Å². The highest BCUT2D eigenvalue weighted by Crippen LogP contribution is 2.56. The van der Waals surface area contributed by atoms with Gasteiger partial charge in [0.25, 0.3) is 0 Å². The zero-order valence-electron chi connectivity index (χ0n) is 14.1. The molecule has 26 heavy (non-hydrogen) atoms. The summed E-state index contributed by atoms with van der Waals surface area (Å²) in [5.41, 5.74) is 0.636. The van der Waals surface area contributed by atoms with Gasteiger partial charge in [0.15, 0.2) is 0 Å². The van der Waals surface area contributed by atoms with Crippen molar-refractivity contribution in [2.75, 3.05) is 4.90 Å². The van der Waals surface area contributed by atoms with E-state index in [0.717, 1.165) is 19.3 Å². The smallest absolute Gasteiger partial charge is 0.237 e. The molecule has 3 aliphatic rings. The fraction of sp³-hybridized carbons (Fsp3) is 0.333. The molecule has 1 heterocycles. The number of fused-ring (bicyclic) bond motifs is 5. The number of hydrogen-bond donors (Lipinski definition) is 0. The molecule has 2 aromatic rings. The summed E-state index contributed by atoms with van der Waals surface area (Å²) in [4.78, 5) is 27.1. The van der Waals surface area contributed by atoms with Crippen molar-refractivity contribution in [1.29, 1.82) is 0 Å². The largest absolute Gasteiger partial charge is 0.457 e. The predicted octanol–water partition coefficient (Wildman–Crippen LogP) is 4.67. The van der Waals surface area contributed by atoms with Crippen LogP contribution in [0.3, 0.4) is 0 Å². The van der Waals surface area contributed by atoms with Gasteiger partial charge in [-0.25, -0.2) is 0 Å². The Morgan fingerprint density at radius 3 is 1.85 bits per heavy atom. The van der Waals surface area contributed by atoms with E-state index >= 15 is 0 Å². The summed E-state index contributed by atoms with van der Waals surface area (Å²) < 4.78 is 5.78. The van der Waals surface area contributed by atoms with Crippen LogP contribution in [0.4, 0.5) is 5.69 Å². The Morgan fingerprint density at radius 1 is 0.808 bits per heavy atom. The van der Waals surface area contributed by atoms with Crippen LogP contribution >= 0.6 is 11.6 Å². The Bertz CT molecular complexity index is 849. The first-order chi connectivity index (χ1) is 12.6. The van der Waals surface area contributed by atoms with Crippen molar-refractivity contribution < 1.29 is 14.3 Å². The Hall–Kier alpha value is -2.33. The third kappa shape index (κ3) is 2.36. The molecule has 1 aliphatic heterocycles. The minimum Gasteiger partial charge on any atom is -0.457 e. The second-order valence-corrected chi connectivity index (χ2v) is 7.88. The Morgan fingerprint density at radius 2 is 1.31 bits per heavy atom. The van der Waals surface area contributed by atoms with Crippen LogP contribution < -0.4 is 9.64 Å². The van der Waals surface area contributed by atoms with E-state index in [1.165, 1.54) is 4.90 Å². The molecule has 4 nitrogen and oxygen atoms in total. The second kappa shape index (κ2) is 5.85. The van der Waals surface area contributed by atoms with E-state index in [0.29, 0.717) is 34.0 Å². The molecule has 2 amide bonds. The first-order valence-corrected chi connectivity index (χ1v) is 9.41. The van der Waals surface area contributed by atoms with Crippen LogP contribution in [0.1, 0.15) is 19.3 Å². The number of amides is 2. The highest BCUT2D eigenvalue weighted by atomic mass is 35.5. The highest BCUT2D eigenvalue weighted by molar-refractivity contribution is 6.30. The third-order valence-electron chi connectivity index (χ3n) is 6.07. The van der Waals surface area contributed by atoms with Crippen molar-refractivity contribution in [3.63, 3.8) is 0 Å². The first kappa shape index (κ1) is 15.9. The van der Waals surface area contributed by atoms with Gasteiger partial charge >= 0.3 is 0 Å². The SMILES string of the molecule is O=C1[C@@H]2[C@@H]3CC[C@@H](C3)[C@@H]2C(=O)N1c1ccc(Oc2ccc(Cl)cc2)cc1. The number of halogens is 1. The molecule has 0 aromatic heterocycles. The van der Waals surface area contributed by atoms with Crippen LogP contribution in [-0.4, -0.2) is 11.8 Å². The van der Waals surface area contributed by atoms with Crippen molar-refractivity contribution in [3.8, 4) is 11.5 Å². The number of ether oxygens (including phenoxy) is 1. The van der Waals surface area contributed by atoms with E-state index in [9.17, 15) is 9.59 Å². The topological polar surface area (TPSA) is 46.6 Å². The molecule has 1 saturated heterocycles. The number of imide groups is 1. The zero-order valence-corrected chi connectivity index (χ0v) is 14.9. The number of carbonyl (C=O) groups excluding carboxylic acids is 2. The van der Waals surface area contributed by atoms with Gasteiger partial charge in [0.05, 0.1) is 17.5 Å². The predicted molar refractivity (Wildman–Crippen MR) is 98.3 cm³/mol. The fourth-order valence-electron chi connectivity index (χ4n) is 4.97. The maximum atomic E-state index is 12.9. The number of hydrogen-bond acceptors (Lipinski definition) is 3. The summed E-state index contributed by atoms with van der Waals surface area (Å²) in [6, 6.07) is 14.2. The summed E-state index contributed by atoms with van der Waals surface area (Å²) in [5.74, 6) is 1.92. The van der Waals surface area contributed by atoms with Crippen LogP contribution in [0.5, 0.6) is 11.5 Å². The normalized spacial score (nSPS) is 29.3. The van der Waals surface area contributed by atoms with Gasteiger partial charge in [0.1, 0.15) is 11.5 Å². The van der Waals surface area contributed by atoms with Gasteiger partial charge in [0.2, 0.25) is 11.8 Å². The fourth-order valence-corrected chi connectivity index (χ4v) is 5.09. The Labute approximate surface area is 156 Å². The van der Waals surface area contributed by atoms with E-state index in [4.69, 9.17) is 16.3 Å². The van der Waals surface area contributed by atoms with Crippen LogP contribution in [0.25, 0.3) is 0 Å². The van der Waals surface area contributed by atoms with Gasteiger partial charge < -0.3 is 4.74 Å². The van der Waals surface area contributed by atoms with E-state index in [1.807, 2.05) is 0 Å². The molecule has 5 heteroatoms. The van der Waals surface area contributed by atoms with Crippen molar-refractivity contribution in [1.82, 2.24) is 0 Å². The standard InChI is InChI=1S/C21H18ClNO3/c22-14-3-7-16(8-4-14)26-17-9-5-15(6-10-17)23-20(24)18-12-1-2-13(11-12)19(18)21(23)25/h3-10,12-13,18-19H,1-2,11H2/t12-,13+,18-,19+. The minimum absolute atomic E-state index is 0.0152. The summed E-state index contributed by atoms with van der Waals surface area (Å²) in [7, 11) is 0.